The molecule has 4 rings (SSSR count). The first kappa shape index (κ1) is 51.0. The van der Waals surface area contributed by atoms with Gasteiger partial charge >= 0.3 is 25.4 Å². The highest BCUT2D eigenvalue weighted by Gasteiger charge is 2.34. The fraction of sp³-hybridized carbons (Fsp3) is 0.478. The zero-order chi connectivity index (χ0) is 47.3. The van der Waals surface area contributed by atoms with Gasteiger partial charge in [0.05, 0.1) is 49.4 Å². The van der Waals surface area contributed by atoms with Gasteiger partial charge in [0.1, 0.15) is 17.6 Å². The molecule has 3 aromatic rings. The van der Waals surface area contributed by atoms with E-state index in [1.54, 1.807) is 49.8 Å². The van der Waals surface area contributed by atoms with Gasteiger partial charge in [-0.1, -0.05) is 59.3 Å². The van der Waals surface area contributed by atoms with E-state index < -0.39 is 60.1 Å². The second kappa shape index (κ2) is 26.2. The quantitative estimate of drug-likeness (QED) is 0.0222. The second-order valence-electron chi connectivity index (χ2n) is 15.2. The van der Waals surface area contributed by atoms with Gasteiger partial charge in [-0.15, -0.1) is 0 Å². The Morgan fingerprint density at radius 1 is 0.923 bits per heavy atom. The molecule has 1 saturated heterocycles. The monoisotopic (exact) mass is 901 g/mol. The molecule has 1 aromatic heterocycles. The highest BCUT2D eigenvalue weighted by atomic mass is 16.7. The van der Waals surface area contributed by atoms with Crippen LogP contribution in [0.4, 0.5) is 5.69 Å². The summed E-state index contributed by atoms with van der Waals surface area (Å²) in [7, 11) is 0.0380. The molecule has 0 unspecified atom stereocenters. The molecule has 2 heterocycles. The van der Waals surface area contributed by atoms with Crippen molar-refractivity contribution in [3.8, 4) is 17.1 Å². The smallest absolute Gasteiger partial charge is 0.363 e. The maximum Gasteiger partial charge on any atom is 0.363 e. The maximum absolute atomic E-state index is 13.7. The van der Waals surface area contributed by atoms with Gasteiger partial charge in [-0.05, 0) is 81.1 Å². The van der Waals surface area contributed by atoms with E-state index in [9.17, 15) is 38.4 Å². The summed E-state index contributed by atoms with van der Waals surface area (Å²) in [5.41, 5.74) is 1.34. The minimum atomic E-state index is -1.30. The van der Waals surface area contributed by atoms with Crippen molar-refractivity contribution in [2.75, 3.05) is 31.3 Å². The van der Waals surface area contributed by atoms with E-state index in [1.807, 2.05) is 13.8 Å². The highest BCUT2D eigenvalue weighted by Crippen LogP contribution is 2.30. The number of furan rings is 1. The average molecular weight is 902 g/mol. The summed E-state index contributed by atoms with van der Waals surface area (Å²) in [6.45, 7) is 9.73. The molecular formula is C46H60BN5O13. The fourth-order valence-electron chi connectivity index (χ4n) is 7.18. The van der Waals surface area contributed by atoms with E-state index >= 15 is 0 Å². The summed E-state index contributed by atoms with van der Waals surface area (Å²) < 4.78 is 21.9. The van der Waals surface area contributed by atoms with Crippen LogP contribution in [0, 0.1) is 5.92 Å². The number of rotatable bonds is 27. The van der Waals surface area contributed by atoms with Crippen molar-refractivity contribution in [3.05, 3.63) is 71.5 Å². The molecule has 65 heavy (non-hydrogen) atoms. The van der Waals surface area contributed by atoms with E-state index in [0.29, 0.717) is 49.9 Å². The van der Waals surface area contributed by atoms with Crippen LogP contribution in [-0.4, -0.2) is 99.0 Å². The molecule has 3 atom stereocenters. The van der Waals surface area contributed by atoms with Crippen LogP contribution in [-0.2, 0) is 38.2 Å². The SMILES string of the molecule is CBOC(=O)[C@H](CC(=O)OCCCC)NC(=O)c1ccc(-c2ccc(C(=O)NCNC(=O)[C@H](CCCCC)[C@@H](CC)N(C=O)OC(=O)c3ccc(N4CCCC4=O)cc3)o2)cc1OCC. The molecule has 0 saturated carbocycles. The molecule has 350 valence electrons. The third-order valence-corrected chi connectivity index (χ3v) is 10.6. The molecule has 0 radical (unpaired) electrons. The van der Waals surface area contributed by atoms with Gasteiger partial charge in [0.25, 0.3) is 11.8 Å². The fourth-order valence-corrected chi connectivity index (χ4v) is 7.18. The van der Waals surface area contributed by atoms with Crippen molar-refractivity contribution in [2.45, 2.75) is 111 Å². The van der Waals surface area contributed by atoms with Gasteiger partial charge in [-0.25, -0.2) is 4.79 Å². The number of unbranched alkanes of at least 4 members (excludes halogenated alkanes) is 3. The van der Waals surface area contributed by atoms with Crippen molar-refractivity contribution in [1.29, 1.82) is 0 Å². The van der Waals surface area contributed by atoms with Crippen molar-refractivity contribution < 1.29 is 61.7 Å². The number of benzene rings is 2. The Morgan fingerprint density at radius 2 is 1.68 bits per heavy atom. The third-order valence-electron chi connectivity index (χ3n) is 10.6. The zero-order valence-electron chi connectivity index (χ0n) is 37.8. The van der Waals surface area contributed by atoms with E-state index in [2.05, 4.69) is 16.0 Å². The van der Waals surface area contributed by atoms with Crippen molar-refractivity contribution in [3.63, 3.8) is 0 Å². The summed E-state index contributed by atoms with van der Waals surface area (Å²) in [4.78, 5) is 110. The first-order valence-corrected chi connectivity index (χ1v) is 22.3. The van der Waals surface area contributed by atoms with Gasteiger partial charge < -0.3 is 44.2 Å². The Morgan fingerprint density at radius 3 is 2.32 bits per heavy atom. The molecule has 1 aliphatic rings. The normalized spacial score (nSPS) is 13.4. The van der Waals surface area contributed by atoms with E-state index in [4.69, 9.17) is 23.4 Å². The van der Waals surface area contributed by atoms with Crippen molar-refractivity contribution in [1.82, 2.24) is 21.0 Å². The third kappa shape index (κ3) is 14.7. The molecule has 1 fully saturated rings. The van der Waals surface area contributed by atoms with Gasteiger partial charge in [-0.3, -0.25) is 33.6 Å². The number of carbonyl (C=O) groups excluding carboxylic acids is 8. The molecule has 19 heteroatoms. The first-order valence-electron chi connectivity index (χ1n) is 22.3. The Balaban J connectivity index is 1.39. The molecule has 0 bridgehead atoms. The van der Waals surface area contributed by atoms with Gasteiger partial charge in [-0.2, -0.15) is 5.06 Å². The number of hydroxylamine groups is 2. The molecule has 3 N–H and O–H groups in total. The van der Waals surface area contributed by atoms with Gasteiger partial charge in [0.15, 0.2) is 5.76 Å². The predicted molar refractivity (Wildman–Crippen MR) is 240 cm³/mol. The number of hydrogen-bond donors (Lipinski definition) is 3. The van der Waals surface area contributed by atoms with Crippen LogP contribution in [0.3, 0.4) is 0 Å². The summed E-state index contributed by atoms with van der Waals surface area (Å²) >= 11 is 0. The Labute approximate surface area is 379 Å². The van der Waals surface area contributed by atoms with Crippen LogP contribution in [0.5, 0.6) is 5.75 Å². The average Bonchev–Trinajstić information content (AvgIpc) is 3.98. The lowest BCUT2D eigenvalue weighted by atomic mass is 9.90. The molecular weight excluding hydrogens is 841 g/mol. The van der Waals surface area contributed by atoms with Crippen LogP contribution < -0.4 is 25.6 Å². The Hall–Kier alpha value is -6.66. The Kier molecular flexibility index (Phi) is 20.6. The number of nitrogens with zero attached hydrogens (tertiary/aromatic N) is 2. The highest BCUT2D eigenvalue weighted by molar-refractivity contribution is 6.28. The lowest BCUT2D eigenvalue weighted by Crippen LogP contribution is -2.49. The van der Waals surface area contributed by atoms with Crippen molar-refractivity contribution in [2.24, 2.45) is 5.92 Å². The molecule has 18 nitrogen and oxygen atoms in total. The number of ether oxygens (including phenoxy) is 2. The first-order chi connectivity index (χ1) is 31.4. The van der Waals surface area contributed by atoms with Crippen molar-refractivity contribution >= 4 is 61.1 Å². The van der Waals surface area contributed by atoms with Crippen LogP contribution in [0.2, 0.25) is 6.82 Å². The summed E-state index contributed by atoms with van der Waals surface area (Å²) in [5, 5.41) is 8.75. The molecule has 5 amide bonds. The lowest BCUT2D eigenvalue weighted by Gasteiger charge is -2.31. The summed E-state index contributed by atoms with van der Waals surface area (Å²) in [6, 6.07) is 11.7. The van der Waals surface area contributed by atoms with Crippen LogP contribution >= 0.6 is 0 Å². The lowest BCUT2D eigenvalue weighted by molar-refractivity contribution is -0.171. The van der Waals surface area contributed by atoms with E-state index in [-0.39, 0.29) is 68.1 Å². The number of carbonyl (C=O) groups is 8. The Bertz CT molecular complexity index is 2110. The molecule has 0 spiro atoms. The topological polar surface area (TPSA) is 229 Å². The van der Waals surface area contributed by atoms with Crippen LogP contribution in [0.15, 0.2) is 59.0 Å². The standard InChI is InChI=1S/C46H60BN5O13/c1-6-10-12-14-33(36(8-3)52(29-53)65-45(59)30-16-19-32(20-17-30)51-24-13-15-40(51)54)42(56)48-28-49-44(58)38-23-22-37(63-38)31-18-21-34(39(26-31)61-9-4)43(57)50-35(46(60)64-47-5)27-41(55)62-25-11-7-2/h16-23,26,29,33,35-36,47H,6-15,24-25,27-28H2,1-5H3,(H,48,56)(H,49,58)(H,50,57)/t33-,35+,36-/m1/s1. The summed E-state index contributed by atoms with van der Waals surface area (Å²) in [5.74, 6) is -4.53. The minimum absolute atomic E-state index is 0.00637. The number of hydrogen-bond acceptors (Lipinski definition) is 13. The molecule has 0 aliphatic carbocycles. The summed E-state index contributed by atoms with van der Waals surface area (Å²) in [6.07, 6.45) is 5.63. The number of amides is 5. The largest absolute Gasteiger partial charge is 0.539 e. The van der Waals surface area contributed by atoms with E-state index in [0.717, 1.165) is 30.7 Å². The minimum Gasteiger partial charge on any atom is -0.539 e. The van der Waals surface area contributed by atoms with Gasteiger partial charge in [0, 0.05) is 24.2 Å². The second-order valence-corrected chi connectivity index (χ2v) is 15.2. The predicted octanol–water partition coefficient (Wildman–Crippen LogP) is 5.26. The maximum atomic E-state index is 13.7. The number of nitrogens with one attached hydrogen (secondary N) is 3. The number of anilines is 1. The van der Waals surface area contributed by atoms with Crippen LogP contribution in [0.1, 0.15) is 123 Å². The number of esters is 1. The molecule has 1 aliphatic heterocycles. The molecule has 2 aromatic carbocycles. The zero-order valence-corrected chi connectivity index (χ0v) is 37.8. The van der Waals surface area contributed by atoms with E-state index in [1.165, 1.54) is 30.3 Å². The van der Waals surface area contributed by atoms with Crippen LogP contribution in [0.25, 0.3) is 11.3 Å². The van der Waals surface area contributed by atoms with Gasteiger partial charge in [0.2, 0.25) is 18.2 Å².